The molecular formula is C9H11NO3. The third kappa shape index (κ3) is 2.79. The van der Waals surface area contributed by atoms with Gasteiger partial charge in [-0.3, -0.25) is 9.59 Å². The van der Waals surface area contributed by atoms with Crippen molar-refractivity contribution in [3.05, 3.63) is 0 Å². The molecule has 0 saturated heterocycles. The van der Waals surface area contributed by atoms with Crippen molar-refractivity contribution in [3.8, 4) is 12.3 Å². The van der Waals surface area contributed by atoms with E-state index in [1.54, 1.807) is 0 Å². The van der Waals surface area contributed by atoms with Gasteiger partial charge in [0.2, 0.25) is 0 Å². The fourth-order valence-electron chi connectivity index (χ4n) is 1.14. The molecule has 0 radical (unpaired) electrons. The summed E-state index contributed by atoms with van der Waals surface area (Å²) < 4.78 is 0. The van der Waals surface area contributed by atoms with Gasteiger partial charge in [-0.1, -0.05) is 0 Å². The lowest BCUT2D eigenvalue weighted by Gasteiger charge is -2.17. The Morgan fingerprint density at radius 2 is 2.15 bits per heavy atom. The summed E-state index contributed by atoms with van der Waals surface area (Å²) in [4.78, 5) is 22.8. The first kappa shape index (κ1) is 9.59. The Morgan fingerprint density at radius 3 is 2.54 bits per heavy atom. The molecule has 0 unspecified atom stereocenters. The monoisotopic (exact) mass is 181 g/mol. The first-order valence-corrected chi connectivity index (χ1v) is 4.14. The molecule has 1 amide bonds. The number of nitrogens with zero attached hydrogens (tertiary/aromatic N) is 1. The zero-order valence-electron chi connectivity index (χ0n) is 7.19. The molecule has 0 aliphatic heterocycles. The minimum Gasteiger partial charge on any atom is -0.481 e. The summed E-state index contributed by atoms with van der Waals surface area (Å²) in [6.45, 7) is 0.225. The van der Waals surface area contributed by atoms with Crippen molar-refractivity contribution in [2.45, 2.75) is 25.3 Å². The van der Waals surface area contributed by atoms with E-state index in [9.17, 15) is 9.59 Å². The molecule has 0 aromatic carbocycles. The molecule has 70 valence electrons. The minimum atomic E-state index is -0.907. The number of terminal acetylenes is 1. The number of aliphatic carboxylic acids is 1. The molecule has 1 fully saturated rings. The van der Waals surface area contributed by atoms with Crippen LogP contribution in [0.1, 0.15) is 19.3 Å². The number of carbonyl (C=O) groups excluding carboxylic acids is 1. The first-order chi connectivity index (χ1) is 6.15. The predicted molar refractivity (Wildman–Crippen MR) is 45.8 cm³/mol. The van der Waals surface area contributed by atoms with Crippen molar-refractivity contribution in [1.82, 2.24) is 4.90 Å². The first-order valence-electron chi connectivity index (χ1n) is 4.14. The zero-order chi connectivity index (χ0) is 9.84. The van der Waals surface area contributed by atoms with Gasteiger partial charge in [0.15, 0.2) is 0 Å². The van der Waals surface area contributed by atoms with Crippen LogP contribution in [0.2, 0.25) is 0 Å². The van der Waals surface area contributed by atoms with Crippen LogP contribution in [0.4, 0.5) is 0 Å². The van der Waals surface area contributed by atoms with Gasteiger partial charge in [-0.15, -0.1) is 6.42 Å². The molecule has 1 saturated carbocycles. The molecule has 0 heterocycles. The maximum absolute atomic E-state index is 11.1. The quantitative estimate of drug-likeness (QED) is 0.625. The van der Waals surface area contributed by atoms with Gasteiger partial charge in [-0.2, -0.15) is 0 Å². The molecule has 4 heteroatoms. The SMILES string of the molecule is C#CC(=O)N(CCC(=O)O)C1CC1. The largest absolute Gasteiger partial charge is 0.481 e. The van der Waals surface area contributed by atoms with Crippen LogP contribution in [0.5, 0.6) is 0 Å². The summed E-state index contributed by atoms with van der Waals surface area (Å²) in [6, 6.07) is 0.183. The summed E-state index contributed by atoms with van der Waals surface area (Å²) in [5, 5.41) is 8.43. The van der Waals surface area contributed by atoms with Crippen LogP contribution in [0, 0.1) is 12.3 Å². The fourth-order valence-corrected chi connectivity index (χ4v) is 1.14. The molecular weight excluding hydrogens is 170 g/mol. The van der Waals surface area contributed by atoms with Gasteiger partial charge in [-0.05, 0) is 18.8 Å². The Labute approximate surface area is 76.5 Å². The van der Waals surface area contributed by atoms with E-state index in [2.05, 4.69) is 0 Å². The molecule has 1 rings (SSSR count). The molecule has 0 atom stereocenters. The Hall–Kier alpha value is -1.50. The lowest BCUT2D eigenvalue weighted by Crippen LogP contribution is -2.33. The average Bonchev–Trinajstić information content (AvgIpc) is 2.87. The predicted octanol–water partition coefficient (Wildman–Crippen LogP) is 0.0853. The second-order valence-corrected chi connectivity index (χ2v) is 3.02. The van der Waals surface area contributed by atoms with Crippen molar-refractivity contribution < 1.29 is 14.7 Å². The van der Waals surface area contributed by atoms with Crippen molar-refractivity contribution in [1.29, 1.82) is 0 Å². The van der Waals surface area contributed by atoms with Crippen LogP contribution in [-0.4, -0.2) is 34.5 Å². The summed E-state index contributed by atoms with van der Waals surface area (Å²) in [5.74, 6) is 0.698. The van der Waals surface area contributed by atoms with Crippen LogP contribution < -0.4 is 0 Å². The second kappa shape index (κ2) is 3.94. The van der Waals surface area contributed by atoms with Gasteiger partial charge >= 0.3 is 5.97 Å². The van der Waals surface area contributed by atoms with Crippen LogP contribution in [0.25, 0.3) is 0 Å². The van der Waals surface area contributed by atoms with Crippen molar-refractivity contribution in [2.75, 3.05) is 6.54 Å². The second-order valence-electron chi connectivity index (χ2n) is 3.02. The highest BCUT2D eigenvalue weighted by atomic mass is 16.4. The molecule has 1 aliphatic rings. The standard InChI is InChI=1S/C9H11NO3/c1-2-8(11)10(7-3-4-7)6-5-9(12)13/h1,7H,3-6H2,(H,12,13). The number of hydrogen-bond acceptors (Lipinski definition) is 2. The summed E-state index contributed by atoms with van der Waals surface area (Å²) in [6.07, 6.45) is 6.79. The highest BCUT2D eigenvalue weighted by molar-refractivity contribution is 5.93. The van der Waals surface area contributed by atoms with Crippen LogP contribution >= 0.6 is 0 Å². The van der Waals surface area contributed by atoms with E-state index in [4.69, 9.17) is 11.5 Å². The average molecular weight is 181 g/mol. The molecule has 1 aliphatic carbocycles. The summed E-state index contributed by atoms with van der Waals surface area (Å²) in [7, 11) is 0. The van der Waals surface area contributed by atoms with Gasteiger partial charge < -0.3 is 10.0 Å². The molecule has 0 aromatic rings. The molecule has 0 bridgehead atoms. The number of amides is 1. The zero-order valence-corrected chi connectivity index (χ0v) is 7.19. The van der Waals surface area contributed by atoms with Crippen LogP contribution in [-0.2, 0) is 9.59 Å². The molecule has 0 spiro atoms. The van der Waals surface area contributed by atoms with Crippen molar-refractivity contribution >= 4 is 11.9 Å². The topological polar surface area (TPSA) is 57.6 Å². The Morgan fingerprint density at radius 1 is 1.54 bits per heavy atom. The normalized spacial score (nSPS) is 14.7. The van der Waals surface area contributed by atoms with Crippen molar-refractivity contribution in [3.63, 3.8) is 0 Å². The number of rotatable bonds is 4. The molecule has 1 N–H and O–H groups in total. The summed E-state index contributed by atoms with van der Waals surface area (Å²) >= 11 is 0. The molecule has 13 heavy (non-hydrogen) atoms. The number of carboxylic acids is 1. The lowest BCUT2D eigenvalue weighted by atomic mass is 10.3. The Balaban J connectivity index is 2.44. The minimum absolute atomic E-state index is 0.0378. The van der Waals surface area contributed by atoms with Gasteiger partial charge in [0.1, 0.15) is 0 Å². The molecule has 0 aromatic heterocycles. The van der Waals surface area contributed by atoms with Gasteiger partial charge in [0.25, 0.3) is 5.91 Å². The van der Waals surface area contributed by atoms with E-state index in [1.807, 2.05) is 5.92 Å². The summed E-state index contributed by atoms with van der Waals surface area (Å²) in [5.41, 5.74) is 0. The van der Waals surface area contributed by atoms with E-state index >= 15 is 0 Å². The Bertz CT molecular complexity index is 263. The third-order valence-electron chi connectivity index (χ3n) is 1.94. The third-order valence-corrected chi connectivity index (χ3v) is 1.94. The Kier molecular flexibility index (Phi) is 2.91. The van der Waals surface area contributed by atoms with E-state index in [0.29, 0.717) is 0 Å². The van der Waals surface area contributed by atoms with Crippen LogP contribution in [0.15, 0.2) is 0 Å². The fraction of sp³-hybridized carbons (Fsp3) is 0.556. The van der Waals surface area contributed by atoms with E-state index in [-0.39, 0.29) is 19.0 Å². The van der Waals surface area contributed by atoms with E-state index in [0.717, 1.165) is 12.8 Å². The number of carboxylic acid groups (broad SMARTS) is 1. The smallest absolute Gasteiger partial charge is 0.305 e. The van der Waals surface area contributed by atoms with Gasteiger partial charge in [-0.25, -0.2) is 0 Å². The highest BCUT2D eigenvalue weighted by Gasteiger charge is 2.31. The van der Waals surface area contributed by atoms with E-state index < -0.39 is 11.9 Å². The highest BCUT2D eigenvalue weighted by Crippen LogP contribution is 2.26. The maximum Gasteiger partial charge on any atom is 0.305 e. The molecule has 4 nitrogen and oxygen atoms in total. The lowest BCUT2D eigenvalue weighted by molar-refractivity contribution is -0.138. The number of hydrogen-bond donors (Lipinski definition) is 1. The van der Waals surface area contributed by atoms with Gasteiger partial charge in [0, 0.05) is 12.6 Å². The van der Waals surface area contributed by atoms with Crippen LogP contribution in [0.3, 0.4) is 0 Å². The van der Waals surface area contributed by atoms with Gasteiger partial charge in [0.05, 0.1) is 6.42 Å². The van der Waals surface area contributed by atoms with Crippen molar-refractivity contribution in [2.24, 2.45) is 0 Å². The van der Waals surface area contributed by atoms with E-state index in [1.165, 1.54) is 4.90 Å². The number of carbonyl (C=O) groups is 2. The maximum atomic E-state index is 11.1.